The Morgan fingerprint density at radius 3 is 2.33 bits per heavy atom. The van der Waals surface area contributed by atoms with Gasteiger partial charge in [0, 0.05) is 11.6 Å². The summed E-state index contributed by atoms with van der Waals surface area (Å²) in [6, 6.07) is 7.85. The van der Waals surface area contributed by atoms with Crippen molar-refractivity contribution < 1.29 is 14.9 Å². The Labute approximate surface area is 128 Å². The van der Waals surface area contributed by atoms with Gasteiger partial charge < -0.3 is 20.3 Å². The van der Waals surface area contributed by atoms with Crippen molar-refractivity contribution in [1.82, 2.24) is 5.32 Å². The molecule has 0 aliphatic rings. The number of aliphatic hydroxyl groups is 2. The van der Waals surface area contributed by atoms with Crippen LogP contribution in [0.1, 0.15) is 45.6 Å². The summed E-state index contributed by atoms with van der Waals surface area (Å²) >= 11 is 0. The maximum absolute atomic E-state index is 9.50. The summed E-state index contributed by atoms with van der Waals surface area (Å²) in [5.74, 6) is 0.831. The number of rotatable bonds is 10. The van der Waals surface area contributed by atoms with E-state index < -0.39 is 0 Å². The number of hydrogen-bond donors (Lipinski definition) is 3. The third-order valence-electron chi connectivity index (χ3n) is 3.48. The minimum atomic E-state index is -0.211. The Bertz CT molecular complexity index is 392. The SMILES string of the molecule is CC(C)NC(C)(CO)CCCCOc1ccc(CO)cc1. The third kappa shape index (κ3) is 6.93. The summed E-state index contributed by atoms with van der Waals surface area (Å²) in [4.78, 5) is 0. The fourth-order valence-electron chi connectivity index (χ4n) is 2.39. The molecule has 0 aliphatic carbocycles. The van der Waals surface area contributed by atoms with E-state index in [9.17, 15) is 5.11 Å². The van der Waals surface area contributed by atoms with Crippen LogP contribution in [-0.4, -0.2) is 35.0 Å². The van der Waals surface area contributed by atoms with Gasteiger partial charge >= 0.3 is 0 Å². The second-order valence-corrected chi connectivity index (χ2v) is 6.13. The lowest BCUT2D eigenvalue weighted by Gasteiger charge is -2.31. The van der Waals surface area contributed by atoms with Crippen molar-refractivity contribution in [1.29, 1.82) is 0 Å². The molecule has 4 heteroatoms. The average molecular weight is 295 g/mol. The predicted octanol–water partition coefficient (Wildman–Crippen LogP) is 2.48. The zero-order valence-corrected chi connectivity index (χ0v) is 13.4. The molecule has 1 atom stereocenters. The van der Waals surface area contributed by atoms with Gasteiger partial charge in [0.05, 0.1) is 19.8 Å². The molecule has 0 bridgehead atoms. The first kappa shape index (κ1) is 18.0. The number of hydrogen-bond acceptors (Lipinski definition) is 4. The summed E-state index contributed by atoms with van der Waals surface area (Å²) in [6.45, 7) is 7.11. The summed E-state index contributed by atoms with van der Waals surface area (Å²) in [6.07, 6.45) is 2.89. The Morgan fingerprint density at radius 2 is 1.81 bits per heavy atom. The molecule has 1 rings (SSSR count). The molecule has 0 aromatic heterocycles. The zero-order chi connectivity index (χ0) is 15.7. The number of aliphatic hydroxyl groups excluding tert-OH is 2. The van der Waals surface area contributed by atoms with Gasteiger partial charge in [-0.25, -0.2) is 0 Å². The molecule has 0 heterocycles. The van der Waals surface area contributed by atoms with Gasteiger partial charge in [-0.3, -0.25) is 0 Å². The number of benzene rings is 1. The van der Waals surface area contributed by atoms with Gasteiger partial charge in [0.25, 0.3) is 0 Å². The summed E-state index contributed by atoms with van der Waals surface area (Å²) in [5, 5.41) is 21.9. The summed E-state index contributed by atoms with van der Waals surface area (Å²) in [7, 11) is 0. The van der Waals surface area contributed by atoms with Crippen molar-refractivity contribution in [2.24, 2.45) is 0 Å². The molecule has 0 saturated heterocycles. The lowest BCUT2D eigenvalue weighted by Crippen LogP contribution is -2.49. The minimum absolute atomic E-state index is 0.0584. The second-order valence-electron chi connectivity index (χ2n) is 6.13. The summed E-state index contributed by atoms with van der Waals surface area (Å²) < 4.78 is 5.67. The van der Waals surface area contributed by atoms with Crippen LogP contribution in [0.2, 0.25) is 0 Å². The monoisotopic (exact) mass is 295 g/mol. The van der Waals surface area contributed by atoms with E-state index in [0.29, 0.717) is 12.6 Å². The van der Waals surface area contributed by atoms with Gasteiger partial charge in [0.2, 0.25) is 0 Å². The molecule has 4 nitrogen and oxygen atoms in total. The van der Waals surface area contributed by atoms with Gasteiger partial charge in [-0.05, 0) is 43.9 Å². The van der Waals surface area contributed by atoms with Crippen molar-refractivity contribution in [2.75, 3.05) is 13.2 Å². The largest absolute Gasteiger partial charge is 0.494 e. The van der Waals surface area contributed by atoms with Crippen molar-refractivity contribution in [2.45, 2.75) is 58.2 Å². The van der Waals surface area contributed by atoms with E-state index >= 15 is 0 Å². The highest BCUT2D eigenvalue weighted by atomic mass is 16.5. The molecule has 0 saturated carbocycles. The molecule has 0 spiro atoms. The Hall–Kier alpha value is -1.10. The molecular formula is C17H29NO3. The number of ether oxygens (including phenoxy) is 1. The molecule has 0 aliphatic heterocycles. The van der Waals surface area contributed by atoms with E-state index in [1.54, 1.807) is 0 Å². The van der Waals surface area contributed by atoms with Crippen LogP contribution in [0.15, 0.2) is 24.3 Å². The molecule has 21 heavy (non-hydrogen) atoms. The van der Waals surface area contributed by atoms with E-state index in [4.69, 9.17) is 9.84 Å². The van der Waals surface area contributed by atoms with Gasteiger partial charge in [0.15, 0.2) is 0 Å². The van der Waals surface area contributed by atoms with Crippen LogP contribution in [0.25, 0.3) is 0 Å². The fraction of sp³-hybridized carbons (Fsp3) is 0.647. The maximum atomic E-state index is 9.50. The van der Waals surface area contributed by atoms with Gasteiger partial charge in [-0.2, -0.15) is 0 Å². The van der Waals surface area contributed by atoms with E-state index in [-0.39, 0.29) is 18.8 Å². The van der Waals surface area contributed by atoms with Crippen LogP contribution in [-0.2, 0) is 6.61 Å². The first-order chi connectivity index (χ1) is 9.99. The van der Waals surface area contributed by atoms with Crippen LogP contribution < -0.4 is 10.1 Å². The second kappa shape index (κ2) is 9.03. The first-order valence-electron chi connectivity index (χ1n) is 7.70. The highest BCUT2D eigenvalue weighted by molar-refractivity contribution is 5.26. The van der Waals surface area contributed by atoms with Gasteiger partial charge in [0.1, 0.15) is 5.75 Å². The van der Waals surface area contributed by atoms with Crippen LogP contribution >= 0.6 is 0 Å². The molecule has 120 valence electrons. The van der Waals surface area contributed by atoms with E-state index in [0.717, 1.165) is 30.6 Å². The van der Waals surface area contributed by atoms with Crippen LogP contribution in [0.4, 0.5) is 0 Å². The third-order valence-corrected chi connectivity index (χ3v) is 3.48. The molecule has 3 N–H and O–H groups in total. The lowest BCUT2D eigenvalue weighted by atomic mass is 9.95. The van der Waals surface area contributed by atoms with E-state index in [2.05, 4.69) is 26.1 Å². The minimum Gasteiger partial charge on any atom is -0.494 e. The van der Waals surface area contributed by atoms with Gasteiger partial charge in [-0.1, -0.05) is 26.0 Å². The first-order valence-corrected chi connectivity index (χ1v) is 7.70. The van der Waals surface area contributed by atoms with Crippen LogP contribution in [0, 0.1) is 0 Å². The highest BCUT2D eigenvalue weighted by Crippen LogP contribution is 2.16. The van der Waals surface area contributed by atoms with Crippen molar-refractivity contribution in [3.8, 4) is 5.75 Å². The van der Waals surface area contributed by atoms with Crippen LogP contribution in [0.5, 0.6) is 5.75 Å². The molecular weight excluding hydrogens is 266 g/mol. The number of nitrogens with one attached hydrogen (secondary N) is 1. The molecule has 1 unspecified atom stereocenters. The summed E-state index contributed by atoms with van der Waals surface area (Å²) in [5.41, 5.74) is 0.678. The zero-order valence-electron chi connectivity index (χ0n) is 13.4. The van der Waals surface area contributed by atoms with Crippen molar-refractivity contribution in [3.05, 3.63) is 29.8 Å². The average Bonchev–Trinajstić information content (AvgIpc) is 2.47. The Kier molecular flexibility index (Phi) is 7.72. The van der Waals surface area contributed by atoms with Crippen molar-refractivity contribution in [3.63, 3.8) is 0 Å². The normalized spacial score (nSPS) is 14.2. The quantitative estimate of drug-likeness (QED) is 0.580. The highest BCUT2D eigenvalue weighted by Gasteiger charge is 2.22. The number of unbranched alkanes of at least 4 members (excludes halogenated alkanes) is 1. The topological polar surface area (TPSA) is 61.7 Å². The predicted molar refractivity (Wildman–Crippen MR) is 85.5 cm³/mol. The molecule has 1 aromatic carbocycles. The molecule has 0 fully saturated rings. The Morgan fingerprint density at radius 1 is 1.14 bits per heavy atom. The molecule has 0 radical (unpaired) electrons. The lowest BCUT2D eigenvalue weighted by molar-refractivity contribution is 0.152. The maximum Gasteiger partial charge on any atom is 0.119 e. The molecule has 1 aromatic rings. The molecule has 0 amide bonds. The smallest absolute Gasteiger partial charge is 0.119 e. The Balaban J connectivity index is 2.23. The standard InChI is InChI=1S/C17H29NO3/c1-14(2)18-17(3,13-20)10-4-5-11-21-16-8-6-15(12-19)7-9-16/h6-9,14,18-20H,4-5,10-13H2,1-3H3. The van der Waals surface area contributed by atoms with E-state index in [1.165, 1.54) is 0 Å². The van der Waals surface area contributed by atoms with E-state index in [1.807, 2.05) is 24.3 Å². The fourth-order valence-corrected chi connectivity index (χ4v) is 2.39. The van der Waals surface area contributed by atoms with Crippen LogP contribution in [0.3, 0.4) is 0 Å². The van der Waals surface area contributed by atoms with Crippen molar-refractivity contribution >= 4 is 0 Å². The van der Waals surface area contributed by atoms with Gasteiger partial charge in [-0.15, -0.1) is 0 Å².